The number of aromatic nitrogens is 1. The molecule has 30 heavy (non-hydrogen) atoms. The van der Waals surface area contributed by atoms with Gasteiger partial charge in [0, 0.05) is 43.7 Å². The fraction of sp³-hybridized carbons (Fsp3) is 0.375. The van der Waals surface area contributed by atoms with Crippen molar-refractivity contribution in [3.8, 4) is 11.3 Å². The smallest absolute Gasteiger partial charge is 0.137 e. The lowest BCUT2D eigenvalue weighted by molar-refractivity contribution is 0.0547. The van der Waals surface area contributed by atoms with E-state index < -0.39 is 6.23 Å². The quantitative estimate of drug-likeness (QED) is 0.659. The summed E-state index contributed by atoms with van der Waals surface area (Å²) in [5.41, 5.74) is 2.90. The number of nitrogens with zero attached hydrogens (tertiary/aromatic N) is 4. The van der Waals surface area contributed by atoms with Gasteiger partial charge in [0.05, 0.1) is 12.3 Å². The standard InChI is InChI=1S/C24H27N4O2/c1-2-26-11-13-27(14-12-26)23-21-6-4-3-5-20(21)17-22(25-23)18-7-9-19(10-8-18)24-28(29)15-16-30-24/h3-10,17,24H,2,11-16H2,1H3/q-1. The molecule has 0 N–H and O–H groups in total. The monoisotopic (exact) mass is 403 g/mol. The molecule has 6 heteroatoms. The minimum atomic E-state index is -0.492. The zero-order valence-corrected chi connectivity index (χ0v) is 17.3. The average molecular weight is 404 g/mol. The van der Waals surface area contributed by atoms with Gasteiger partial charge in [-0.15, -0.1) is 0 Å². The van der Waals surface area contributed by atoms with Gasteiger partial charge >= 0.3 is 0 Å². The predicted molar refractivity (Wildman–Crippen MR) is 120 cm³/mol. The number of hydrogen-bond acceptors (Lipinski definition) is 6. The highest BCUT2D eigenvalue weighted by Crippen LogP contribution is 2.32. The number of pyridine rings is 1. The molecule has 2 saturated heterocycles. The Hall–Kier alpha value is -2.51. The van der Waals surface area contributed by atoms with Crippen LogP contribution in [-0.4, -0.2) is 60.8 Å². The van der Waals surface area contributed by atoms with E-state index in [4.69, 9.17) is 9.72 Å². The van der Waals surface area contributed by atoms with Gasteiger partial charge in [-0.3, -0.25) is 0 Å². The summed E-state index contributed by atoms with van der Waals surface area (Å²) < 4.78 is 5.56. The first-order valence-electron chi connectivity index (χ1n) is 10.8. The van der Waals surface area contributed by atoms with E-state index in [1.165, 1.54) is 10.8 Å². The second kappa shape index (κ2) is 8.32. The zero-order chi connectivity index (χ0) is 20.5. The summed E-state index contributed by atoms with van der Waals surface area (Å²) in [6.45, 7) is 8.34. The van der Waals surface area contributed by atoms with E-state index in [2.05, 4.69) is 47.1 Å². The van der Waals surface area contributed by atoms with E-state index in [-0.39, 0.29) is 0 Å². The van der Waals surface area contributed by atoms with E-state index in [1.807, 2.05) is 24.3 Å². The maximum Gasteiger partial charge on any atom is 0.137 e. The Labute approximate surface area is 177 Å². The van der Waals surface area contributed by atoms with Gasteiger partial charge in [-0.2, -0.15) is 0 Å². The Morgan fingerprint density at radius 3 is 2.47 bits per heavy atom. The third kappa shape index (κ3) is 3.68. The van der Waals surface area contributed by atoms with E-state index in [0.717, 1.165) is 60.4 Å². The van der Waals surface area contributed by atoms with Crippen molar-refractivity contribution in [2.75, 3.05) is 50.8 Å². The van der Waals surface area contributed by atoms with Gasteiger partial charge in [-0.1, -0.05) is 55.5 Å². The van der Waals surface area contributed by atoms with Crippen molar-refractivity contribution in [2.45, 2.75) is 13.2 Å². The number of benzene rings is 2. The first-order valence-corrected chi connectivity index (χ1v) is 10.8. The van der Waals surface area contributed by atoms with Gasteiger partial charge in [-0.25, -0.2) is 4.98 Å². The van der Waals surface area contributed by atoms with Crippen molar-refractivity contribution < 1.29 is 4.74 Å². The molecule has 1 aromatic heterocycles. The maximum atomic E-state index is 11.9. The molecule has 2 fully saturated rings. The molecule has 3 heterocycles. The van der Waals surface area contributed by atoms with Gasteiger partial charge in [0.2, 0.25) is 0 Å². The molecular formula is C24H27N4O2-. The lowest BCUT2D eigenvalue weighted by Crippen LogP contribution is -2.46. The molecule has 0 radical (unpaired) electrons. The van der Waals surface area contributed by atoms with Crippen LogP contribution in [-0.2, 0) is 4.74 Å². The number of ether oxygens (including phenoxy) is 1. The summed E-state index contributed by atoms with van der Waals surface area (Å²) in [5, 5.41) is 15.3. The summed E-state index contributed by atoms with van der Waals surface area (Å²) in [6.07, 6.45) is -0.492. The fourth-order valence-electron chi connectivity index (χ4n) is 4.38. The number of rotatable bonds is 4. The van der Waals surface area contributed by atoms with Crippen LogP contribution in [0.25, 0.3) is 22.0 Å². The molecule has 6 nitrogen and oxygen atoms in total. The molecule has 2 aliphatic heterocycles. The highest BCUT2D eigenvalue weighted by Gasteiger charge is 2.21. The van der Waals surface area contributed by atoms with Gasteiger partial charge in [0.1, 0.15) is 12.0 Å². The van der Waals surface area contributed by atoms with Gasteiger partial charge in [0.15, 0.2) is 0 Å². The molecule has 1 atom stereocenters. The molecule has 0 amide bonds. The van der Waals surface area contributed by atoms with Crippen molar-refractivity contribution in [3.05, 3.63) is 65.4 Å². The molecule has 1 unspecified atom stereocenters. The van der Waals surface area contributed by atoms with Crippen LogP contribution in [0.3, 0.4) is 0 Å². The van der Waals surface area contributed by atoms with Crippen molar-refractivity contribution in [1.29, 1.82) is 0 Å². The molecule has 2 aromatic carbocycles. The summed E-state index contributed by atoms with van der Waals surface area (Å²) in [6, 6.07) is 18.7. The van der Waals surface area contributed by atoms with E-state index >= 15 is 0 Å². The van der Waals surface area contributed by atoms with Crippen LogP contribution in [0.4, 0.5) is 5.82 Å². The lowest BCUT2D eigenvalue weighted by atomic mass is 10.0. The van der Waals surface area contributed by atoms with Gasteiger partial charge < -0.3 is 24.8 Å². The minimum Gasteiger partial charge on any atom is -0.783 e. The summed E-state index contributed by atoms with van der Waals surface area (Å²) in [4.78, 5) is 9.98. The molecule has 0 bridgehead atoms. The van der Waals surface area contributed by atoms with Crippen LogP contribution in [0.5, 0.6) is 0 Å². The van der Waals surface area contributed by atoms with Crippen LogP contribution in [0.1, 0.15) is 18.7 Å². The van der Waals surface area contributed by atoms with E-state index in [9.17, 15) is 5.21 Å². The Bertz CT molecular complexity index is 1020. The normalized spacial score (nSPS) is 20.9. The molecule has 156 valence electrons. The lowest BCUT2D eigenvalue weighted by Gasteiger charge is -2.35. The van der Waals surface area contributed by atoms with Crippen molar-refractivity contribution in [1.82, 2.24) is 14.9 Å². The summed E-state index contributed by atoms with van der Waals surface area (Å²) in [7, 11) is 0. The second-order valence-electron chi connectivity index (χ2n) is 7.96. The van der Waals surface area contributed by atoms with Crippen LogP contribution in [0, 0.1) is 5.21 Å². The first-order chi connectivity index (χ1) is 14.7. The second-order valence-corrected chi connectivity index (χ2v) is 7.96. The highest BCUT2D eigenvalue weighted by atomic mass is 16.6. The Balaban J connectivity index is 1.49. The van der Waals surface area contributed by atoms with E-state index in [0.29, 0.717) is 13.2 Å². The largest absolute Gasteiger partial charge is 0.783 e. The van der Waals surface area contributed by atoms with Crippen LogP contribution in [0.15, 0.2) is 54.6 Å². The van der Waals surface area contributed by atoms with E-state index in [1.54, 1.807) is 0 Å². The molecule has 0 spiro atoms. The zero-order valence-electron chi connectivity index (χ0n) is 17.3. The fourth-order valence-corrected chi connectivity index (χ4v) is 4.38. The predicted octanol–water partition coefficient (Wildman–Crippen LogP) is 3.87. The number of fused-ring (bicyclic) bond motifs is 1. The van der Waals surface area contributed by atoms with Crippen molar-refractivity contribution in [3.63, 3.8) is 0 Å². The summed E-state index contributed by atoms with van der Waals surface area (Å²) in [5.74, 6) is 1.06. The first kappa shape index (κ1) is 19.5. The third-order valence-electron chi connectivity index (χ3n) is 6.18. The minimum absolute atomic E-state index is 0.424. The Kier molecular flexibility index (Phi) is 5.39. The number of hydroxylamine groups is 2. The van der Waals surface area contributed by atoms with Gasteiger partial charge in [0.25, 0.3) is 0 Å². The van der Waals surface area contributed by atoms with Crippen LogP contribution < -0.4 is 4.90 Å². The number of hydrogen-bond donors (Lipinski definition) is 0. The Morgan fingerprint density at radius 2 is 1.77 bits per heavy atom. The molecule has 5 rings (SSSR count). The van der Waals surface area contributed by atoms with Crippen LogP contribution >= 0.6 is 0 Å². The van der Waals surface area contributed by atoms with Crippen molar-refractivity contribution >= 4 is 16.6 Å². The Morgan fingerprint density at radius 1 is 1.00 bits per heavy atom. The van der Waals surface area contributed by atoms with Gasteiger partial charge in [-0.05, 0) is 23.6 Å². The van der Waals surface area contributed by atoms with Crippen molar-refractivity contribution in [2.24, 2.45) is 0 Å². The topological polar surface area (TPSA) is 54.9 Å². The number of piperazine rings is 1. The van der Waals surface area contributed by atoms with Crippen LogP contribution in [0.2, 0.25) is 0 Å². The molecule has 0 saturated carbocycles. The average Bonchev–Trinajstić information content (AvgIpc) is 3.24. The SMILES string of the molecule is CCN1CCN(c2nc(-c3ccc(C4OCCN4[O-])cc3)cc3ccccc23)CC1. The molecule has 2 aliphatic rings. The molecular weight excluding hydrogens is 376 g/mol. The summed E-state index contributed by atoms with van der Waals surface area (Å²) >= 11 is 0. The third-order valence-corrected chi connectivity index (χ3v) is 6.18. The number of anilines is 1. The molecule has 0 aliphatic carbocycles. The molecule has 3 aromatic rings. The number of likely N-dealkylation sites (N-methyl/N-ethyl adjacent to an activating group) is 1. The maximum absolute atomic E-state index is 11.9. The highest BCUT2D eigenvalue weighted by molar-refractivity contribution is 5.95.